The highest BCUT2D eigenvalue weighted by Gasteiger charge is 2.31. The van der Waals surface area contributed by atoms with Gasteiger partial charge < -0.3 is 4.74 Å². The standard InChI is InChI=1S/C10H18O/c1-5-8-9(6-2)11-7-10(8,3)4/h5-7H2,1-4H3. The fourth-order valence-corrected chi connectivity index (χ4v) is 1.81. The first-order chi connectivity index (χ1) is 5.11. The van der Waals surface area contributed by atoms with Crippen molar-refractivity contribution in [3.05, 3.63) is 11.3 Å². The molecule has 1 nitrogen and oxygen atoms in total. The fraction of sp³-hybridized carbons (Fsp3) is 0.800. The Labute approximate surface area is 69.4 Å². The van der Waals surface area contributed by atoms with E-state index in [1.807, 2.05) is 0 Å². The second-order valence-corrected chi connectivity index (χ2v) is 3.78. The lowest BCUT2D eigenvalue weighted by atomic mass is 9.84. The Balaban J connectivity index is 2.88. The van der Waals surface area contributed by atoms with Gasteiger partial charge in [0.1, 0.15) is 0 Å². The second kappa shape index (κ2) is 2.88. The summed E-state index contributed by atoms with van der Waals surface area (Å²) in [5, 5.41) is 0. The molecule has 0 saturated heterocycles. The van der Waals surface area contributed by atoms with Gasteiger partial charge in [-0.1, -0.05) is 27.7 Å². The zero-order valence-corrected chi connectivity index (χ0v) is 8.03. The Morgan fingerprint density at radius 1 is 1.27 bits per heavy atom. The van der Waals surface area contributed by atoms with Crippen LogP contribution in [0.15, 0.2) is 11.3 Å². The van der Waals surface area contributed by atoms with Crippen LogP contribution in [0.2, 0.25) is 0 Å². The molecule has 0 N–H and O–H groups in total. The van der Waals surface area contributed by atoms with Crippen molar-refractivity contribution in [2.24, 2.45) is 5.41 Å². The van der Waals surface area contributed by atoms with Crippen LogP contribution in [0.1, 0.15) is 40.5 Å². The van der Waals surface area contributed by atoms with Crippen molar-refractivity contribution < 1.29 is 4.74 Å². The van der Waals surface area contributed by atoms with Crippen molar-refractivity contribution >= 4 is 0 Å². The van der Waals surface area contributed by atoms with Crippen LogP contribution in [-0.2, 0) is 4.74 Å². The summed E-state index contributed by atoms with van der Waals surface area (Å²) >= 11 is 0. The maximum absolute atomic E-state index is 5.60. The molecule has 64 valence electrons. The lowest BCUT2D eigenvalue weighted by Gasteiger charge is -2.17. The molecule has 0 amide bonds. The highest BCUT2D eigenvalue weighted by molar-refractivity contribution is 5.20. The van der Waals surface area contributed by atoms with Gasteiger partial charge >= 0.3 is 0 Å². The van der Waals surface area contributed by atoms with Gasteiger partial charge in [-0.25, -0.2) is 0 Å². The summed E-state index contributed by atoms with van der Waals surface area (Å²) in [5.41, 5.74) is 1.81. The van der Waals surface area contributed by atoms with E-state index in [2.05, 4.69) is 27.7 Å². The molecule has 1 heterocycles. The Bertz CT molecular complexity index is 177. The molecule has 1 heteroatoms. The molecule has 0 aromatic carbocycles. The summed E-state index contributed by atoms with van der Waals surface area (Å²) in [5.74, 6) is 1.23. The van der Waals surface area contributed by atoms with Crippen molar-refractivity contribution in [1.29, 1.82) is 0 Å². The molecule has 1 rings (SSSR count). The molecule has 0 atom stereocenters. The number of allylic oxidation sites excluding steroid dienone is 1. The molecule has 11 heavy (non-hydrogen) atoms. The summed E-state index contributed by atoms with van der Waals surface area (Å²) in [7, 11) is 0. The molecule has 0 fully saturated rings. The highest BCUT2D eigenvalue weighted by atomic mass is 16.5. The molecule has 0 saturated carbocycles. The van der Waals surface area contributed by atoms with Crippen LogP contribution >= 0.6 is 0 Å². The van der Waals surface area contributed by atoms with Gasteiger partial charge in [-0.2, -0.15) is 0 Å². The van der Waals surface area contributed by atoms with E-state index in [9.17, 15) is 0 Å². The van der Waals surface area contributed by atoms with Gasteiger partial charge in [0, 0.05) is 11.8 Å². The van der Waals surface area contributed by atoms with Crippen LogP contribution in [0.25, 0.3) is 0 Å². The topological polar surface area (TPSA) is 9.23 Å². The van der Waals surface area contributed by atoms with Gasteiger partial charge in [-0.15, -0.1) is 0 Å². The van der Waals surface area contributed by atoms with Gasteiger partial charge in [-0.3, -0.25) is 0 Å². The van der Waals surface area contributed by atoms with E-state index in [1.165, 1.54) is 11.3 Å². The highest BCUT2D eigenvalue weighted by Crippen LogP contribution is 2.39. The predicted molar refractivity (Wildman–Crippen MR) is 47.3 cm³/mol. The largest absolute Gasteiger partial charge is 0.497 e. The van der Waals surface area contributed by atoms with Crippen LogP contribution in [0.4, 0.5) is 0 Å². The lowest BCUT2D eigenvalue weighted by molar-refractivity contribution is 0.180. The fourth-order valence-electron chi connectivity index (χ4n) is 1.81. The molecule has 1 aliphatic rings. The first kappa shape index (κ1) is 8.63. The minimum absolute atomic E-state index is 0.292. The average Bonchev–Trinajstić information content (AvgIpc) is 2.24. The van der Waals surface area contributed by atoms with Gasteiger partial charge in [0.15, 0.2) is 0 Å². The molecule has 0 bridgehead atoms. The third-order valence-corrected chi connectivity index (χ3v) is 2.44. The third kappa shape index (κ3) is 1.42. The molecular weight excluding hydrogens is 136 g/mol. The summed E-state index contributed by atoms with van der Waals surface area (Å²) < 4.78 is 5.60. The Kier molecular flexibility index (Phi) is 2.26. The van der Waals surface area contributed by atoms with Crippen LogP contribution in [0.5, 0.6) is 0 Å². The van der Waals surface area contributed by atoms with E-state index in [0.717, 1.165) is 19.4 Å². The van der Waals surface area contributed by atoms with Gasteiger partial charge in [0.05, 0.1) is 12.4 Å². The van der Waals surface area contributed by atoms with E-state index in [4.69, 9.17) is 4.74 Å². The maximum Gasteiger partial charge on any atom is 0.0966 e. The van der Waals surface area contributed by atoms with Crippen LogP contribution in [0.3, 0.4) is 0 Å². The van der Waals surface area contributed by atoms with E-state index < -0.39 is 0 Å². The predicted octanol–water partition coefficient (Wildman–Crippen LogP) is 3.12. The summed E-state index contributed by atoms with van der Waals surface area (Å²) in [4.78, 5) is 0. The molecule has 0 aliphatic carbocycles. The SMILES string of the molecule is CCC1=C(CC)C(C)(C)CO1. The monoisotopic (exact) mass is 154 g/mol. The zero-order valence-electron chi connectivity index (χ0n) is 8.03. The molecule has 0 spiro atoms. The minimum Gasteiger partial charge on any atom is -0.497 e. The molecular formula is C10H18O. The quantitative estimate of drug-likeness (QED) is 0.593. The molecule has 0 unspecified atom stereocenters. The summed E-state index contributed by atoms with van der Waals surface area (Å²) in [6.45, 7) is 9.76. The first-order valence-electron chi connectivity index (χ1n) is 4.47. The van der Waals surface area contributed by atoms with Crippen molar-refractivity contribution in [1.82, 2.24) is 0 Å². The summed E-state index contributed by atoms with van der Waals surface area (Å²) in [6, 6.07) is 0. The minimum atomic E-state index is 0.292. The molecule has 0 aromatic rings. The van der Waals surface area contributed by atoms with Crippen molar-refractivity contribution in [3.8, 4) is 0 Å². The third-order valence-electron chi connectivity index (χ3n) is 2.44. The van der Waals surface area contributed by atoms with Crippen LogP contribution in [0, 0.1) is 5.41 Å². The molecule has 1 aliphatic heterocycles. The van der Waals surface area contributed by atoms with Gasteiger partial charge in [-0.05, 0) is 12.0 Å². The number of ether oxygens (including phenoxy) is 1. The van der Waals surface area contributed by atoms with Gasteiger partial charge in [0.2, 0.25) is 0 Å². The van der Waals surface area contributed by atoms with Gasteiger partial charge in [0.25, 0.3) is 0 Å². The number of rotatable bonds is 2. The zero-order chi connectivity index (χ0) is 8.48. The Morgan fingerprint density at radius 2 is 1.91 bits per heavy atom. The molecule has 0 radical (unpaired) electrons. The van der Waals surface area contributed by atoms with Crippen molar-refractivity contribution in [3.63, 3.8) is 0 Å². The summed E-state index contributed by atoms with van der Waals surface area (Å²) in [6.07, 6.45) is 2.18. The Morgan fingerprint density at radius 3 is 2.27 bits per heavy atom. The number of hydrogen-bond donors (Lipinski definition) is 0. The number of hydrogen-bond acceptors (Lipinski definition) is 1. The Hall–Kier alpha value is -0.460. The average molecular weight is 154 g/mol. The lowest BCUT2D eigenvalue weighted by Crippen LogP contribution is -2.14. The van der Waals surface area contributed by atoms with Crippen LogP contribution < -0.4 is 0 Å². The smallest absolute Gasteiger partial charge is 0.0966 e. The van der Waals surface area contributed by atoms with Crippen molar-refractivity contribution in [2.45, 2.75) is 40.5 Å². The van der Waals surface area contributed by atoms with E-state index in [-0.39, 0.29) is 0 Å². The van der Waals surface area contributed by atoms with E-state index >= 15 is 0 Å². The molecule has 0 aromatic heterocycles. The van der Waals surface area contributed by atoms with Crippen molar-refractivity contribution in [2.75, 3.05) is 6.61 Å². The van der Waals surface area contributed by atoms with E-state index in [0.29, 0.717) is 5.41 Å². The first-order valence-corrected chi connectivity index (χ1v) is 4.47. The van der Waals surface area contributed by atoms with E-state index in [1.54, 1.807) is 0 Å². The maximum atomic E-state index is 5.60. The normalized spacial score (nSPS) is 22.2. The second-order valence-electron chi connectivity index (χ2n) is 3.78. The van der Waals surface area contributed by atoms with Crippen LogP contribution in [-0.4, -0.2) is 6.61 Å².